The third kappa shape index (κ3) is 2.85. The van der Waals surface area contributed by atoms with Crippen molar-refractivity contribution in [1.29, 1.82) is 0 Å². The van der Waals surface area contributed by atoms with E-state index < -0.39 is 7.12 Å². The minimum absolute atomic E-state index is 0.423. The maximum Gasteiger partial charge on any atom is 0.488 e. The number of hydrogen-bond donors (Lipinski definition) is 2. The molecule has 0 aliphatic heterocycles. The van der Waals surface area contributed by atoms with Crippen molar-refractivity contribution in [3.05, 3.63) is 35.9 Å². The zero-order chi connectivity index (χ0) is 9.68. The van der Waals surface area contributed by atoms with Gasteiger partial charge in [0.2, 0.25) is 6.29 Å². The molecule has 0 heterocycles. The highest BCUT2D eigenvalue weighted by Crippen LogP contribution is 1.99. The molecule has 0 unspecified atom stereocenters. The van der Waals surface area contributed by atoms with Gasteiger partial charge in [0.25, 0.3) is 0 Å². The molecule has 0 saturated heterocycles. The van der Waals surface area contributed by atoms with Crippen molar-refractivity contribution in [3.63, 3.8) is 0 Å². The van der Waals surface area contributed by atoms with Gasteiger partial charge in [-0.2, -0.15) is 0 Å². The van der Waals surface area contributed by atoms with Crippen LogP contribution in [0, 0.1) is 0 Å². The summed E-state index contributed by atoms with van der Waals surface area (Å²) in [6.07, 6.45) is 4.46. The molecule has 0 aliphatic rings. The van der Waals surface area contributed by atoms with Crippen LogP contribution in [0.5, 0.6) is 0 Å². The van der Waals surface area contributed by atoms with Crippen LogP contribution in [0.1, 0.15) is 5.56 Å². The normalized spacial score (nSPS) is 10.3. The van der Waals surface area contributed by atoms with Crippen molar-refractivity contribution in [2.75, 3.05) is 0 Å². The Balaban J connectivity index is 2.81. The average molecular weight is 175 g/mol. The lowest BCUT2D eigenvalue weighted by atomic mass is 9.80. The first-order chi connectivity index (χ1) is 6.24. The lowest BCUT2D eigenvalue weighted by Gasteiger charge is -1.98. The summed E-state index contributed by atoms with van der Waals surface area (Å²) in [6.45, 7) is 0. The summed E-state index contributed by atoms with van der Waals surface area (Å²) in [4.78, 5) is 9.86. The molecular weight excluding hydrogens is 167 g/mol. The number of carbonyl (C=O) groups excluding carboxylic acids is 1. The first kappa shape index (κ1) is 9.70. The van der Waals surface area contributed by atoms with Gasteiger partial charge in [-0.1, -0.05) is 30.3 Å². The van der Waals surface area contributed by atoms with Crippen LogP contribution in [0.15, 0.2) is 30.3 Å². The molecule has 4 heteroatoms. The van der Waals surface area contributed by atoms with E-state index in [-0.39, 0.29) is 0 Å². The molecule has 65 valence electrons. The fourth-order valence-electron chi connectivity index (χ4n) is 0.910. The molecule has 1 aromatic rings. The van der Waals surface area contributed by atoms with E-state index in [0.29, 0.717) is 5.46 Å². The van der Waals surface area contributed by atoms with Gasteiger partial charge in [-0.3, -0.25) is 4.79 Å². The van der Waals surface area contributed by atoms with Gasteiger partial charge in [0.1, 0.15) is 0 Å². The summed E-state index contributed by atoms with van der Waals surface area (Å²) in [5, 5.41) is 17.5. The molecule has 0 amide bonds. The summed E-state index contributed by atoms with van der Waals surface area (Å²) in [5.41, 5.74) is 1.24. The van der Waals surface area contributed by atoms with Crippen molar-refractivity contribution < 1.29 is 14.8 Å². The second kappa shape index (κ2) is 4.59. The molecule has 1 aromatic carbocycles. The summed E-state index contributed by atoms with van der Waals surface area (Å²) in [6, 6.07) is 6.52. The minimum Gasteiger partial charge on any atom is -0.423 e. The van der Waals surface area contributed by atoms with Crippen molar-refractivity contribution in [2.24, 2.45) is 0 Å². The van der Waals surface area contributed by atoms with Gasteiger partial charge in [0.15, 0.2) is 0 Å². The molecule has 0 atom stereocenters. The van der Waals surface area contributed by atoms with Gasteiger partial charge in [0.05, 0.1) is 0 Å². The predicted octanol–water partition coefficient (Wildman–Crippen LogP) is -0.511. The lowest BCUT2D eigenvalue weighted by Crippen LogP contribution is -2.29. The number of rotatable bonds is 3. The van der Waals surface area contributed by atoms with E-state index in [1.807, 2.05) is 0 Å². The van der Waals surface area contributed by atoms with Gasteiger partial charge in [0, 0.05) is 0 Å². The Morgan fingerprint density at radius 2 is 1.85 bits per heavy atom. The standard InChI is InChI=1S/C9H8BO3/c11-7-1-2-8-3-5-9(6-4-8)10(12)13/h1-6,12-13H/b2-1+. The molecular formula is C9H8BO3. The Labute approximate surface area is 76.5 Å². The topological polar surface area (TPSA) is 57.5 Å². The van der Waals surface area contributed by atoms with Crippen LogP contribution in [-0.4, -0.2) is 23.5 Å². The lowest BCUT2D eigenvalue weighted by molar-refractivity contribution is 0.426. The second-order valence-corrected chi connectivity index (χ2v) is 2.49. The van der Waals surface area contributed by atoms with Crippen LogP contribution in [0.2, 0.25) is 0 Å². The number of hydrogen-bond acceptors (Lipinski definition) is 3. The zero-order valence-electron chi connectivity index (χ0n) is 6.84. The molecule has 0 fully saturated rings. The van der Waals surface area contributed by atoms with Crippen LogP contribution < -0.4 is 5.46 Å². The van der Waals surface area contributed by atoms with Crippen molar-refractivity contribution in [1.82, 2.24) is 0 Å². The molecule has 0 spiro atoms. The van der Waals surface area contributed by atoms with Crippen LogP contribution in [0.4, 0.5) is 0 Å². The molecule has 2 N–H and O–H groups in total. The minimum atomic E-state index is -1.45. The Hall–Kier alpha value is -1.39. The molecule has 0 aliphatic carbocycles. The van der Waals surface area contributed by atoms with Crippen LogP contribution in [0.3, 0.4) is 0 Å². The van der Waals surface area contributed by atoms with Crippen molar-refractivity contribution in [3.8, 4) is 0 Å². The quantitative estimate of drug-likeness (QED) is 0.480. The third-order valence-corrected chi connectivity index (χ3v) is 1.58. The second-order valence-electron chi connectivity index (χ2n) is 2.49. The molecule has 0 saturated carbocycles. The zero-order valence-corrected chi connectivity index (χ0v) is 6.84. The molecule has 0 aromatic heterocycles. The van der Waals surface area contributed by atoms with Crippen molar-refractivity contribution in [2.45, 2.75) is 0 Å². The highest BCUT2D eigenvalue weighted by molar-refractivity contribution is 6.58. The smallest absolute Gasteiger partial charge is 0.423 e. The Morgan fingerprint density at radius 1 is 1.23 bits per heavy atom. The van der Waals surface area contributed by atoms with Gasteiger partial charge < -0.3 is 10.0 Å². The summed E-state index contributed by atoms with van der Waals surface area (Å²) in [5.74, 6) is 0. The largest absolute Gasteiger partial charge is 0.488 e. The summed E-state index contributed by atoms with van der Waals surface area (Å²) < 4.78 is 0. The van der Waals surface area contributed by atoms with E-state index in [9.17, 15) is 4.79 Å². The number of allylic oxidation sites excluding steroid dienone is 1. The molecule has 1 radical (unpaired) electrons. The maximum atomic E-state index is 9.86. The monoisotopic (exact) mass is 175 g/mol. The van der Waals surface area contributed by atoms with E-state index in [1.165, 1.54) is 6.08 Å². The highest BCUT2D eigenvalue weighted by atomic mass is 16.4. The molecule has 1 rings (SSSR count). The molecule has 3 nitrogen and oxygen atoms in total. The van der Waals surface area contributed by atoms with E-state index in [0.717, 1.165) is 5.56 Å². The fraction of sp³-hybridized carbons (Fsp3) is 0. The Kier molecular flexibility index (Phi) is 3.43. The van der Waals surface area contributed by atoms with E-state index >= 15 is 0 Å². The summed E-state index contributed by atoms with van der Waals surface area (Å²) in [7, 11) is -1.45. The summed E-state index contributed by atoms with van der Waals surface area (Å²) >= 11 is 0. The maximum absolute atomic E-state index is 9.86. The fourth-order valence-corrected chi connectivity index (χ4v) is 0.910. The van der Waals surface area contributed by atoms with Gasteiger partial charge >= 0.3 is 7.12 Å². The molecule has 13 heavy (non-hydrogen) atoms. The number of benzene rings is 1. The Morgan fingerprint density at radius 3 is 2.31 bits per heavy atom. The van der Waals surface area contributed by atoms with Crippen LogP contribution in [-0.2, 0) is 4.79 Å². The van der Waals surface area contributed by atoms with Gasteiger partial charge in [-0.05, 0) is 17.1 Å². The van der Waals surface area contributed by atoms with Gasteiger partial charge in [-0.15, -0.1) is 0 Å². The first-order valence-electron chi connectivity index (χ1n) is 3.74. The van der Waals surface area contributed by atoms with E-state index in [2.05, 4.69) is 0 Å². The van der Waals surface area contributed by atoms with Crippen LogP contribution in [0.25, 0.3) is 6.08 Å². The highest BCUT2D eigenvalue weighted by Gasteiger charge is 2.08. The first-order valence-corrected chi connectivity index (χ1v) is 3.74. The SMILES string of the molecule is O=[C]/C=C/c1ccc(B(O)O)cc1. The third-order valence-electron chi connectivity index (χ3n) is 1.58. The van der Waals surface area contributed by atoms with Crippen molar-refractivity contribution >= 4 is 24.9 Å². The van der Waals surface area contributed by atoms with Gasteiger partial charge in [-0.25, -0.2) is 0 Å². The van der Waals surface area contributed by atoms with E-state index in [4.69, 9.17) is 10.0 Å². The predicted molar refractivity (Wildman–Crippen MR) is 51.0 cm³/mol. The average Bonchev–Trinajstić information content (AvgIpc) is 2.15. The van der Waals surface area contributed by atoms with E-state index in [1.54, 1.807) is 36.6 Å². The molecule has 0 bridgehead atoms. The van der Waals surface area contributed by atoms with Crippen LogP contribution >= 0.6 is 0 Å². The Bertz CT molecular complexity index is 303.